The molecule has 0 aromatic heterocycles. The maximum atomic E-state index is 12.9. The maximum Gasteiger partial charge on any atom is 0.253 e. The second-order valence-electron chi connectivity index (χ2n) is 9.13. The molecule has 1 aliphatic heterocycles. The van der Waals surface area contributed by atoms with Crippen LogP contribution in [0, 0.1) is 0 Å². The molecule has 34 heavy (non-hydrogen) atoms. The van der Waals surface area contributed by atoms with Gasteiger partial charge in [0.05, 0.1) is 29.0 Å². The summed E-state index contributed by atoms with van der Waals surface area (Å²) in [5, 5.41) is 16.5. The number of nitrogens with one attached hydrogen (secondary N) is 3. The standard InChI is InChI=1S/C23H30ClN3O6S/c1-3-15(17-11-8-12(2)33-17)25-18-19(22(30)21(18)29)26-16-10-9-14(24)23(20(16)28)34(31,32)27-13-6-4-5-7-13/h9-10,12-13,15,17,25-28H,3-8,11H2,1-2H3/t12-,15-,17-/m1/s1. The van der Waals surface area contributed by atoms with Crippen LogP contribution >= 0.6 is 11.6 Å². The van der Waals surface area contributed by atoms with Gasteiger partial charge in [0.15, 0.2) is 5.75 Å². The van der Waals surface area contributed by atoms with Gasteiger partial charge < -0.3 is 20.5 Å². The summed E-state index contributed by atoms with van der Waals surface area (Å²) in [4.78, 5) is 24.2. The number of hydrogen-bond acceptors (Lipinski definition) is 8. The number of aromatic hydroxyl groups is 1. The fraction of sp³-hybridized carbons (Fsp3) is 0.565. The summed E-state index contributed by atoms with van der Waals surface area (Å²) in [6, 6.07) is 2.31. The summed E-state index contributed by atoms with van der Waals surface area (Å²) >= 11 is 6.14. The normalized spacial score (nSPS) is 22.3. The van der Waals surface area contributed by atoms with Crippen LogP contribution in [-0.2, 0) is 14.8 Å². The van der Waals surface area contributed by atoms with Gasteiger partial charge in [0, 0.05) is 6.04 Å². The van der Waals surface area contributed by atoms with E-state index in [1.165, 1.54) is 12.1 Å². The first kappa shape index (κ1) is 25.0. The van der Waals surface area contributed by atoms with Crippen LogP contribution in [0.5, 0.6) is 5.75 Å². The van der Waals surface area contributed by atoms with E-state index < -0.39 is 31.5 Å². The topological polar surface area (TPSA) is 134 Å². The zero-order valence-corrected chi connectivity index (χ0v) is 20.8. The SMILES string of the molecule is CC[C@@H](Nc1c(Nc2ccc(Cl)c(S(=O)(=O)NC3CCCC3)c2O)c(=O)c1=O)[C@H]1CC[C@@H](C)O1. The number of rotatable bonds is 9. The van der Waals surface area contributed by atoms with Gasteiger partial charge in [-0.15, -0.1) is 0 Å². The van der Waals surface area contributed by atoms with Crippen molar-refractivity contribution in [2.75, 3.05) is 10.6 Å². The fourth-order valence-electron chi connectivity index (χ4n) is 4.78. The van der Waals surface area contributed by atoms with E-state index in [9.17, 15) is 23.1 Å². The number of phenols is 1. The van der Waals surface area contributed by atoms with Crippen LogP contribution in [-0.4, -0.2) is 37.8 Å². The van der Waals surface area contributed by atoms with Crippen LogP contribution in [0.4, 0.5) is 17.1 Å². The Labute approximate surface area is 203 Å². The lowest BCUT2D eigenvalue weighted by Crippen LogP contribution is -2.42. The van der Waals surface area contributed by atoms with Crippen molar-refractivity contribution in [2.24, 2.45) is 0 Å². The van der Waals surface area contributed by atoms with E-state index in [4.69, 9.17) is 16.3 Å². The summed E-state index contributed by atoms with van der Waals surface area (Å²) in [6.45, 7) is 3.95. The van der Waals surface area contributed by atoms with E-state index in [0.29, 0.717) is 6.42 Å². The Kier molecular flexibility index (Phi) is 7.23. The largest absolute Gasteiger partial charge is 0.504 e. The number of benzene rings is 1. The molecule has 11 heteroatoms. The molecule has 4 N–H and O–H groups in total. The molecule has 0 spiro atoms. The van der Waals surface area contributed by atoms with Crippen molar-refractivity contribution in [1.82, 2.24) is 4.72 Å². The van der Waals surface area contributed by atoms with Crippen molar-refractivity contribution in [3.63, 3.8) is 0 Å². The fourth-order valence-corrected chi connectivity index (χ4v) is 6.72. The monoisotopic (exact) mass is 511 g/mol. The Morgan fingerprint density at radius 3 is 2.41 bits per heavy atom. The molecule has 0 radical (unpaired) electrons. The maximum absolute atomic E-state index is 12.9. The molecule has 0 unspecified atom stereocenters. The molecular formula is C23H30ClN3O6S. The molecule has 1 saturated carbocycles. The number of ether oxygens (including phenoxy) is 1. The molecule has 0 amide bonds. The van der Waals surface area contributed by atoms with Crippen molar-refractivity contribution in [3.05, 3.63) is 37.6 Å². The van der Waals surface area contributed by atoms with E-state index in [2.05, 4.69) is 15.4 Å². The van der Waals surface area contributed by atoms with Crippen molar-refractivity contribution in [2.45, 2.75) is 88.0 Å². The van der Waals surface area contributed by atoms with Gasteiger partial charge in [-0.1, -0.05) is 31.4 Å². The summed E-state index contributed by atoms with van der Waals surface area (Å²) < 4.78 is 34.4. The average molecular weight is 512 g/mol. The van der Waals surface area contributed by atoms with Gasteiger partial charge in [-0.05, 0) is 51.2 Å². The molecule has 4 rings (SSSR count). The van der Waals surface area contributed by atoms with Gasteiger partial charge in [-0.3, -0.25) is 9.59 Å². The first-order valence-corrected chi connectivity index (χ1v) is 13.5. The van der Waals surface area contributed by atoms with E-state index in [1.54, 1.807) is 0 Å². The number of anilines is 3. The van der Waals surface area contributed by atoms with Gasteiger partial charge in [-0.2, -0.15) is 0 Å². The summed E-state index contributed by atoms with van der Waals surface area (Å²) in [5.74, 6) is -0.614. The van der Waals surface area contributed by atoms with Gasteiger partial charge >= 0.3 is 0 Å². The zero-order chi connectivity index (χ0) is 24.6. The zero-order valence-electron chi connectivity index (χ0n) is 19.2. The first-order chi connectivity index (χ1) is 16.1. The third-order valence-electron chi connectivity index (χ3n) is 6.68. The minimum absolute atomic E-state index is 0.0285. The Hall–Kier alpha value is -2.14. The molecule has 2 aromatic rings. The van der Waals surface area contributed by atoms with Gasteiger partial charge in [0.25, 0.3) is 10.9 Å². The van der Waals surface area contributed by atoms with Crippen LogP contribution in [0.3, 0.4) is 0 Å². The third-order valence-corrected chi connectivity index (χ3v) is 8.70. The lowest BCUT2D eigenvalue weighted by atomic mass is 10.0. The van der Waals surface area contributed by atoms with E-state index in [1.807, 2.05) is 13.8 Å². The Morgan fingerprint density at radius 1 is 1.12 bits per heavy atom. The highest BCUT2D eigenvalue weighted by Gasteiger charge is 2.33. The predicted octanol–water partition coefficient (Wildman–Crippen LogP) is 3.36. The summed E-state index contributed by atoms with van der Waals surface area (Å²) in [7, 11) is -4.10. The average Bonchev–Trinajstić information content (AvgIpc) is 3.45. The van der Waals surface area contributed by atoms with Crippen LogP contribution < -0.4 is 26.2 Å². The second-order valence-corrected chi connectivity index (χ2v) is 11.2. The highest BCUT2D eigenvalue weighted by molar-refractivity contribution is 7.89. The predicted molar refractivity (Wildman–Crippen MR) is 132 cm³/mol. The van der Waals surface area contributed by atoms with Crippen LogP contribution in [0.2, 0.25) is 5.02 Å². The molecule has 9 nitrogen and oxygen atoms in total. The number of phenolic OH excluding ortho intramolecular Hbond substituents is 1. The van der Waals surface area contributed by atoms with Crippen LogP contribution in [0.25, 0.3) is 0 Å². The molecular weight excluding hydrogens is 482 g/mol. The first-order valence-electron chi connectivity index (χ1n) is 11.7. The number of hydrogen-bond donors (Lipinski definition) is 4. The molecule has 2 aromatic carbocycles. The molecule has 186 valence electrons. The number of sulfonamides is 1. The van der Waals surface area contributed by atoms with Crippen molar-refractivity contribution in [3.8, 4) is 5.75 Å². The lowest BCUT2D eigenvalue weighted by molar-refractivity contribution is 0.0438. The quantitative estimate of drug-likeness (QED) is 0.297. The Bertz CT molecular complexity index is 1230. The summed E-state index contributed by atoms with van der Waals surface area (Å²) in [5.41, 5.74) is -1.38. The molecule has 1 heterocycles. The highest BCUT2D eigenvalue weighted by atomic mass is 35.5. The van der Waals surface area contributed by atoms with Crippen molar-refractivity contribution in [1.29, 1.82) is 0 Å². The molecule has 1 saturated heterocycles. The highest BCUT2D eigenvalue weighted by Crippen LogP contribution is 2.39. The van der Waals surface area contributed by atoms with Gasteiger partial charge in [0.1, 0.15) is 16.3 Å². The minimum Gasteiger partial charge on any atom is -0.504 e. The molecule has 0 bridgehead atoms. The van der Waals surface area contributed by atoms with Crippen LogP contribution in [0.15, 0.2) is 26.6 Å². The third kappa shape index (κ3) is 4.82. The molecule has 2 aliphatic rings. The van der Waals surface area contributed by atoms with E-state index in [-0.39, 0.29) is 46.4 Å². The second kappa shape index (κ2) is 9.85. The van der Waals surface area contributed by atoms with Gasteiger partial charge in [0.2, 0.25) is 10.0 Å². The smallest absolute Gasteiger partial charge is 0.253 e. The number of halogens is 1. The molecule has 2 fully saturated rings. The van der Waals surface area contributed by atoms with E-state index >= 15 is 0 Å². The Balaban J connectivity index is 1.59. The van der Waals surface area contributed by atoms with Crippen molar-refractivity contribution >= 4 is 38.7 Å². The minimum atomic E-state index is -4.10. The van der Waals surface area contributed by atoms with Crippen LogP contribution in [0.1, 0.15) is 58.8 Å². The van der Waals surface area contributed by atoms with E-state index in [0.717, 1.165) is 38.5 Å². The summed E-state index contributed by atoms with van der Waals surface area (Å²) in [6.07, 6.45) is 5.79. The van der Waals surface area contributed by atoms with Gasteiger partial charge in [-0.25, -0.2) is 13.1 Å². The van der Waals surface area contributed by atoms with Crippen molar-refractivity contribution < 1.29 is 18.3 Å². The lowest BCUT2D eigenvalue weighted by Gasteiger charge is -2.26. The molecule has 3 atom stereocenters. The Morgan fingerprint density at radius 2 is 1.79 bits per heavy atom. The molecule has 1 aliphatic carbocycles.